The van der Waals surface area contributed by atoms with Crippen LogP contribution in [0.2, 0.25) is 10.0 Å². The van der Waals surface area contributed by atoms with Crippen LogP contribution < -0.4 is 10.6 Å². The maximum atomic E-state index is 6.69. The summed E-state index contributed by atoms with van der Waals surface area (Å²) >= 11 is 12.7. The molecule has 0 radical (unpaired) electrons. The van der Waals surface area contributed by atoms with E-state index in [1.165, 1.54) is 5.56 Å². The van der Waals surface area contributed by atoms with Crippen LogP contribution in [0.1, 0.15) is 30.1 Å². The molecule has 2 aliphatic rings. The quantitative estimate of drug-likeness (QED) is 0.454. The minimum atomic E-state index is -0.00357. The third kappa shape index (κ3) is 2.94. The summed E-state index contributed by atoms with van der Waals surface area (Å²) < 4.78 is 2.03. The Morgan fingerprint density at radius 1 is 1.00 bits per heavy atom. The first kappa shape index (κ1) is 20.0. The standard InChI is InChI=1S/C24H22Cl2N6/c25-17-5-1-4-16(19(17)26)22-30-14-18-23(29-9-12-32(18)22)31-10-6-24(7-11-31)13-15-3-2-8-28-20(15)21(24)27/h1-5,8-9,12,14,21H,6-7,10-11,13,27H2. The molecule has 1 fully saturated rings. The van der Waals surface area contributed by atoms with Crippen LogP contribution in [-0.4, -0.2) is 32.4 Å². The van der Waals surface area contributed by atoms with Crippen molar-refractivity contribution < 1.29 is 0 Å². The van der Waals surface area contributed by atoms with E-state index in [4.69, 9.17) is 33.9 Å². The summed E-state index contributed by atoms with van der Waals surface area (Å²) in [4.78, 5) is 16.3. The maximum Gasteiger partial charge on any atom is 0.154 e. The number of halogens is 2. The monoisotopic (exact) mass is 464 g/mol. The Balaban J connectivity index is 1.31. The predicted octanol–water partition coefficient (Wildman–Crippen LogP) is 4.94. The van der Waals surface area contributed by atoms with Crippen LogP contribution in [0.3, 0.4) is 0 Å². The Morgan fingerprint density at radius 3 is 2.66 bits per heavy atom. The molecule has 8 heteroatoms. The van der Waals surface area contributed by atoms with Gasteiger partial charge in [0, 0.05) is 37.2 Å². The van der Waals surface area contributed by atoms with E-state index in [1.54, 1.807) is 6.07 Å². The lowest BCUT2D eigenvalue weighted by Crippen LogP contribution is -2.44. The fraction of sp³-hybridized carbons (Fsp3) is 0.292. The first-order valence-electron chi connectivity index (χ1n) is 10.8. The van der Waals surface area contributed by atoms with Crippen LogP contribution in [0.5, 0.6) is 0 Å². The molecule has 0 amide bonds. The van der Waals surface area contributed by atoms with Gasteiger partial charge < -0.3 is 10.6 Å². The fourth-order valence-electron chi connectivity index (χ4n) is 5.34. The molecule has 4 heterocycles. The van der Waals surface area contributed by atoms with Crippen LogP contribution in [-0.2, 0) is 6.42 Å². The van der Waals surface area contributed by atoms with E-state index in [9.17, 15) is 0 Å². The number of benzene rings is 1. The van der Waals surface area contributed by atoms with E-state index in [2.05, 4.69) is 20.9 Å². The lowest BCUT2D eigenvalue weighted by atomic mass is 9.73. The summed E-state index contributed by atoms with van der Waals surface area (Å²) in [5.41, 5.74) is 10.9. The second-order valence-electron chi connectivity index (χ2n) is 8.74. The van der Waals surface area contributed by atoms with Gasteiger partial charge in [-0.2, -0.15) is 0 Å². The molecular formula is C24H22Cl2N6. The molecule has 1 aliphatic carbocycles. The summed E-state index contributed by atoms with van der Waals surface area (Å²) in [6.45, 7) is 1.79. The lowest BCUT2D eigenvalue weighted by molar-refractivity contribution is 0.186. The number of nitrogens with zero attached hydrogens (tertiary/aromatic N) is 5. The lowest BCUT2D eigenvalue weighted by Gasteiger charge is -2.42. The summed E-state index contributed by atoms with van der Waals surface area (Å²) in [5.74, 6) is 1.69. The van der Waals surface area contributed by atoms with E-state index >= 15 is 0 Å². The highest BCUT2D eigenvalue weighted by Crippen LogP contribution is 2.50. The molecular weight excluding hydrogens is 443 g/mol. The topological polar surface area (TPSA) is 72.3 Å². The zero-order valence-corrected chi connectivity index (χ0v) is 18.9. The van der Waals surface area contributed by atoms with Gasteiger partial charge in [-0.15, -0.1) is 0 Å². The molecule has 1 aliphatic heterocycles. The van der Waals surface area contributed by atoms with Crippen LogP contribution in [0.15, 0.2) is 55.1 Å². The summed E-state index contributed by atoms with van der Waals surface area (Å²) in [5, 5.41) is 1.02. The number of hydrogen-bond acceptors (Lipinski definition) is 5. The van der Waals surface area contributed by atoms with E-state index in [0.717, 1.165) is 60.8 Å². The Kier molecular flexibility index (Phi) is 4.64. The molecule has 1 spiro atoms. The summed E-state index contributed by atoms with van der Waals surface area (Å²) in [6, 6.07) is 9.77. The second kappa shape index (κ2) is 7.44. The number of imidazole rings is 1. The number of piperidine rings is 1. The van der Waals surface area contributed by atoms with Crippen molar-refractivity contribution in [3.05, 3.63) is 76.4 Å². The van der Waals surface area contributed by atoms with Crippen LogP contribution in [0.25, 0.3) is 16.9 Å². The number of pyridine rings is 1. The van der Waals surface area contributed by atoms with E-state index < -0.39 is 0 Å². The first-order chi connectivity index (χ1) is 15.6. The second-order valence-corrected chi connectivity index (χ2v) is 9.53. The van der Waals surface area contributed by atoms with Crippen molar-refractivity contribution >= 4 is 34.5 Å². The molecule has 1 atom stereocenters. The highest BCUT2D eigenvalue weighted by Gasteiger charge is 2.47. The van der Waals surface area contributed by atoms with Gasteiger partial charge >= 0.3 is 0 Å². The predicted molar refractivity (Wildman–Crippen MR) is 127 cm³/mol. The third-order valence-corrected chi connectivity index (χ3v) is 7.93. The Hall–Kier alpha value is -2.67. The number of anilines is 1. The minimum Gasteiger partial charge on any atom is -0.355 e. The average molecular weight is 465 g/mol. The molecule has 4 aromatic rings. The summed E-state index contributed by atoms with van der Waals surface area (Å²) in [7, 11) is 0. The molecule has 6 rings (SSSR count). The average Bonchev–Trinajstić information content (AvgIpc) is 3.36. The van der Waals surface area contributed by atoms with Crippen LogP contribution in [0, 0.1) is 5.41 Å². The van der Waals surface area contributed by atoms with Crippen molar-refractivity contribution in [3.63, 3.8) is 0 Å². The Morgan fingerprint density at radius 2 is 1.84 bits per heavy atom. The van der Waals surface area contributed by atoms with Gasteiger partial charge in [-0.05, 0) is 48.4 Å². The van der Waals surface area contributed by atoms with Crippen molar-refractivity contribution in [2.24, 2.45) is 11.1 Å². The SMILES string of the molecule is NC1c2ncccc2CC12CCN(c1nccn3c(-c4cccc(Cl)c4Cl)ncc13)CC2. The molecule has 162 valence electrons. The van der Waals surface area contributed by atoms with Gasteiger partial charge in [-0.1, -0.05) is 35.3 Å². The van der Waals surface area contributed by atoms with E-state index in [0.29, 0.717) is 10.0 Å². The molecule has 1 aromatic carbocycles. The number of rotatable bonds is 2. The number of fused-ring (bicyclic) bond motifs is 2. The van der Waals surface area contributed by atoms with Crippen molar-refractivity contribution in [2.75, 3.05) is 18.0 Å². The van der Waals surface area contributed by atoms with Crippen molar-refractivity contribution in [2.45, 2.75) is 25.3 Å². The molecule has 1 saturated heterocycles. The minimum absolute atomic E-state index is 0.00357. The fourth-order valence-corrected chi connectivity index (χ4v) is 5.73. The van der Waals surface area contributed by atoms with Gasteiger partial charge in [-0.3, -0.25) is 9.38 Å². The molecule has 0 bridgehead atoms. The van der Waals surface area contributed by atoms with Gasteiger partial charge in [0.25, 0.3) is 0 Å². The number of hydrogen-bond donors (Lipinski definition) is 1. The van der Waals surface area contributed by atoms with E-state index in [-0.39, 0.29) is 11.5 Å². The van der Waals surface area contributed by atoms with Crippen molar-refractivity contribution in [1.29, 1.82) is 0 Å². The van der Waals surface area contributed by atoms with Gasteiger partial charge in [0.1, 0.15) is 11.3 Å². The van der Waals surface area contributed by atoms with Gasteiger partial charge in [0.2, 0.25) is 0 Å². The number of aromatic nitrogens is 4. The Bertz CT molecular complexity index is 1330. The van der Waals surface area contributed by atoms with Gasteiger partial charge in [0.15, 0.2) is 5.82 Å². The first-order valence-corrected chi connectivity index (χ1v) is 11.5. The highest BCUT2D eigenvalue weighted by atomic mass is 35.5. The molecule has 6 nitrogen and oxygen atoms in total. The van der Waals surface area contributed by atoms with Crippen LogP contribution in [0.4, 0.5) is 5.82 Å². The maximum absolute atomic E-state index is 6.69. The zero-order chi connectivity index (χ0) is 21.9. The molecule has 3 aromatic heterocycles. The van der Waals surface area contributed by atoms with Gasteiger partial charge in [-0.25, -0.2) is 9.97 Å². The Labute approximate surface area is 196 Å². The smallest absolute Gasteiger partial charge is 0.154 e. The molecule has 0 saturated carbocycles. The van der Waals surface area contributed by atoms with Gasteiger partial charge in [0.05, 0.1) is 28.0 Å². The highest BCUT2D eigenvalue weighted by molar-refractivity contribution is 6.43. The molecule has 1 unspecified atom stereocenters. The summed E-state index contributed by atoms with van der Waals surface area (Å²) in [6.07, 6.45) is 10.5. The largest absolute Gasteiger partial charge is 0.355 e. The normalized spacial score (nSPS) is 19.6. The number of nitrogens with two attached hydrogens (primary N) is 1. The molecule has 32 heavy (non-hydrogen) atoms. The third-order valence-electron chi connectivity index (χ3n) is 7.11. The molecule has 2 N–H and O–H groups in total. The van der Waals surface area contributed by atoms with Crippen molar-refractivity contribution in [1.82, 2.24) is 19.4 Å². The van der Waals surface area contributed by atoms with E-state index in [1.807, 2.05) is 47.4 Å². The zero-order valence-electron chi connectivity index (χ0n) is 17.4. The van der Waals surface area contributed by atoms with Crippen LogP contribution >= 0.6 is 23.2 Å². The van der Waals surface area contributed by atoms with Crippen molar-refractivity contribution in [3.8, 4) is 11.4 Å².